The molecule has 0 aliphatic carbocycles. The summed E-state index contributed by atoms with van der Waals surface area (Å²) >= 11 is 1.50. The summed E-state index contributed by atoms with van der Waals surface area (Å²) in [5.74, 6) is -0.376. The van der Waals surface area contributed by atoms with E-state index in [4.69, 9.17) is 4.74 Å². The number of carbonyl (C=O) groups excluding carboxylic acids is 1. The number of benzene rings is 1. The number of nitrogens with zero attached hydrogens (tertiary/aromatic N) is 1. The molecular formula is C15H16N2O2S. The van der Waals surface area contributed by atoms with E-state index in [-0.39, 0.29) is 12.0 Å². The van der Waals surface area contributed by atoms with Crippen LogP contribution in [0.5, 0.6) is 0 Å². The minimum atomic E-state index is -0.376. The molecule has 2 rings (SSSR count). The predicted octanol–water partition coefficient (Wildman–Crippen LogP) is 2.75. The summed E-state index contributed by atoms with van der Waals surface area (Å²) in [5, 5.41) is 3.76. The zero-order chi connectivity index (χ0) is 14.5. The van der Waals surface area contributed by atoms with Crippen molar-refractivity contribution in [3.63, 3.8) is 0 Å². The Morgan fingerprint density at radius 1 is 1.45 bits per heavy atom. The number of amidine groups is 1. The third kappa shape index (κ3) is 2.93. The number of thioether (sulfide) groups is 1. The SMILES string of the molecule is C=Cc1ccc(C2N=C(SC)NC=C2C(=O)OC)cc1. The Bertz CT molecular complexity index is 576. The number of hydrogen-bond acceptors (Lipinski definition) is 5. The highest BCUT2D eigenvalue weighted by atomic mass is 32.2. The maximum absolute atomic E-state index is 11.8. The third-order valence-corrected chi connectivity index (χ3v) is 3.60. The second-order valence-electron chi connectivity index (χ2n) is 4.15. The first-order valence-electron chi connectivity index (χ1n) is 6.08. The van der Waals surface area contributed by atoms with Crippen LogP contribution in [0.25, 0.3) is 6.08 Å². The number of rotatable bonds is 3. The Morgan fingerprint density at radius 3 is 2.70 bits per heavy atom. The molecule has 0 radical (unpaired) electrons. The van der Waals surface area contributed by atoms with Crippen molar-refractivity contribution in [1.82, 2.24) is 5.32 Å². The summed E-state index contributed by atoms with van der Waals surface area (Å²) in [6.45, 7) is 3.73. The van der Waals surface area contributed by atoms with Gasteiger partial charge in [-0.2, -0.15) is 0 Å². The molecule has 1 aromatic rings. The van der Waals surface area contributed by atoms with Gasteiger partial charge in [-0.25, -0.2) is 9.79 Å². The molecule has 0 saturated carbocycles. The van der Waals surface area contributed by atoms with Gasteiger partial charge >= 0.3 is 5.97 Å². The second kappa shape index (κ2) is 6.43. The number of ether oxygens (including phenoxy) is 1. The molecule has 1 heterocycles. The van der Waals surface area contributed by atoms with E-state index in [1.165, 1.54) is 18.9 Å². The monoisotopic (exact) mass is 288 g/mol. The van der Waals surface area contributed by atoms with Gasteiger partial charge in [0.25, 0.3) is 0 Å². The number of nitrogens with one attached hydrogen (secondary N) is 1. The smallest absolute Gasteiger partial charge is 0.337 e. The van der Waals surface area contributed by atoms with E-state index in [1.54, 1.807) is 12.3 Å². The van der Waals surface area contributed by atoms with Crippen LogP contribution in [0.3, 0.4) is 0 Å². The van der Waals surface area contributed by atoms with E-state index in [0.29, 0.717) is 5.57 Å². The molecule has 20 heavy (non-hydrogen) atoms. The number of esters is 1. The third-order valence-electron chi connectivity index (χ3n) is 2.99. The van der Waals surface area contributed by atoms with Crippen LogP contribution in [-0.2, 0) is 9.53 Å². The van der Waals surface area contributed by atoms with Crippen molar-refractivity contribution in [1.29, 1.82) is 0 Å². The zero-order valence-corrected chi connectivity index (χ0v) is 12.2. The van der Waals surface area contributed by atoms with Crippen molar-refractivity contribution in [2.24, 2.45) is 4.99 Å². The molecule has 1 aliphatic rings. The first kappa shape index (κ1) is 14.4. The van der Waals surface area contributed by atoms with Crippen molar-refractivity contribution in [2.75, 3.05) is 13.4 Å². The Balaban J connectivity index is 2.38. The van der Waals surface area contributed by atoms with Crippen molar-refractivity contribution >= 4 is 29.0 Å². The Hall–Kier alpha value is -2.01. The van der Waals surface area contributed by atoms with Crippen molar-refractivity contribution in [3.05, 3.63) is 53.7 Å². The van der Waals surface area contributed by atoms with Gasteiger partial charge in [0.1, 0.15) is 6.04 Å². The summed E-state index contributed by atoms with van der Waals surface area (Å²) in [6, 6.07) is 7.46. The van der Waals surface area contributed by atoms with Crippen LogP contribution in [0.2, 0.25) is 0 Å². The quantitative estimate of drug-likeness (QED) is 0.869. The lowest BCUT2D eigenvalue weighted by Crippen LogP contribution is -2.25. The van der Waals surface area contributed by atoms with Crippen molar-refractivity contribution in [3.8, 4) is 0 Å². The fourth-order valence-corrected chi connectivity index (χ4v) is 2.30. The van der Waals surface area contributed by atoms with Gasteiger partial charge in [0.05, 0.1) is 12.7 Å². The zero-order valence-electron chi connectivity index (χ0n) is 11.4. The lowest BCUT2D eigenvalue weighted by atomic mass is 9.98. The molecule has 0 spiro atoms. The highest BCUT2D eigenvalue weighted by Gasteiger charge is 2.26. The molecule has 104 valence electrons. The normalized spacial score (nSPS) is 17.6. The molecule has 1 aromatic carbocycles. The van der Waals surface area contributed by atoms with Crippen LogP contribution in [0.4, 0.5) is 0 Å². The highest BCUT2D eigenvalue weighted by Crippen LogP contribution is 2.30. The summed E-state index contributed by atoms with van der Waals surface area (Å²) in [6.07, 6.45) is 5.37. The van der Waals surface area contributed by atoms with Crippen LogP contribution >= 0.6 is 11.8 Å². The van der Waals surface area contributed by atoms with E-state index in [2.05, 4.69) is 16.9 Å². The van der Waals surface area contributed by atoms with Gasteiger partial charge in [0.15, 0.2) is 5.17 Å². The minimum absolute atomic E-state index is 0.343. The average molecular weight is 288 g/mol. The summed E-state index contributed by atoms with van der Waals surface area (Å²) < 4.78 is 4.82. The number of hydrogen-bond donors (Lipinski definition) is 1. The summed E-state index contributed by atoms with van der Waals surface area (Å²) in [5.41, 5.74) is 2.47. The van der Waals surface area contributed by atoms with Gasteiger partial charge in [-0.15, -0.1) is 0 Å². The first-order chi connectivity index (χ1) is 9.69. The standard InChI is InChI=1S/C15H16N2O2S/c1-4-10-5-7-11(8-6-10)13-12(14(18)19-2)9-16-15(17-13)20-3/h4-9,13H,1H2,2-3H3,(H,16,17). The number of carbonyl (C=O) groups is 1. The maximum Gasteiger partial charge on any atom is 0.337 e. The summed E-state index contributed by atoms with van der Waals surface area (Å²) in [4.78, 5) is 16.4. The Morgan fingerprint density at radius 2 is 2.15 bits per heavy atom. The lowest BCUT2D eigenvalue weighted by molar-refractivity contribution is -0.136. The van der Waals surface area contributed by atoms with E-state index in [9.17, 15) is 4.79 Å². The van der Waals surface area contributed by atoms with Gasteiger partial charge in [-0.1, -0.05) is 48.7 Å². The predicted molar refractivity (Wildman–Crippen MR) is 83.5 cm³/mol. The molecule has 0 fully saturated rings. The van der Waals surface area contributed by atoms with Crippen LogP contribution < -0.4 is 5.32 Å². The maximum atomic E-state index is 11.8. The van der Waals surface area contributed by atoms with E-state index < -0.39 is 0 Å². The molecule has 1 aliphatic heterocycles. The van der Waals surface area contributed by atoms with Gasteiger partial charge in [-0.3, -0.25) is 0 Å². The largest absolute Gasteiger partial charge is 0.466 e. The van der Waals surface area contributed by atoms with Crippen LogP contribution in [0.1, 0.15) is 17.2 Å². The van der Waals surface area contributed by atoms with E-state index >= 15 is 0 Å². The number of methoxy groups -OCH3 is 1. The van der Waals surface area contributed by atoms with Gasteiger partial charge in [0, 0.05) is 6.20 Å². The summed E-state index contributed by atoms with van der Waals surface area (Å²) in [7, 11) is 1.37. The lowest BCUT2D eigenvalue weighted by Gasteiger charge is -2.21. The minimum Gasteiger partial charge on any atom is -0.466 e. The molecule has 0 amide bonds. The van der Waals surface area contributed by atoms with Crippen LogP contribution in [-0.4, -0.2) is 24.5 Å². The molecule has 1 unspecified atom stereocenters. The van der Waals surface area contributed by atoms with Gasteiger partial charge in [-0.05, 0) is 17.4 Å². The molecular weight excluding hydrogens is 272 g/mol. The molecule has 0 bridgehead atoms. The van der Waals surface area contributed by atoms with E-state index in [1.807, 2.05) is 30.5 Å². The van der Waals surface area contributed by atoms with Crippen LogP contribution in [0.15, 0.2) is 47.6 Å². The Labute approximate surface area is 122 Å². The van der Waals surface area contributed by atoms with Crippen molar-refractivity contribution < 1.29 is 9.53 Å². The van der Waals surface area contributed by atoms with E-state index in [0.717, 1.165) is 16.3 Å². The second-order valence-corrected chi connectivity index (χ2v) is 4.94. The fraction of sp³-hybridized carbons (Fsp3) is 0.200. The topological polar surface area (TPSA) is 50.7 Å². The first-order valence-corrected chi connectivity index (χ1v) is 7.31. The highest BCUT2D eigenvalue weighted by molar-refractivity contribution is 8.13. The molecule has 0 saturated heterocycles. The van der Waals surface area contributed by atoms with Crippen molar-refractivity contribution in [2.45, 2.75) is 6.04 Å². The molecule has 4 nitrogen and oxygen atoms in total. The molecule has 5 heteroatoms. The number of aliphatic imine (C=N–C) groups is 1. The fourth-order valence-electron chi connectivity index (χ4n) is 1.91. The molecule has 1 N–H and O–H groups in total. The van der Waals surface area contributed by atoms with Gasteiger partial charge in [0.2, 0.25) is 0 Å². The van der Waals surface area contributed by atoms with Crippen LogP contribution in [0, 0.1) is 0 Å². The molecule has 0 aromatic heterocycles. The molecule has 1 atom stereocenters. The Kier molecular flexibility index (Phi) is 4.63. The average Bonchev–Trinajstić information content (AvgIpc) is 2.53. The van der Waals surface area contributed by atoms with Gasteiger partial charge < -0.3 is 10.1 Å².